The normalized spacial score (nSPS) is 10.1. The van der Waals surface area contributed by atoms with Crippen LogP contribution in [0.4, 0.5) is 5.82 Å². The lowest BCUT2D eigenvalue weighted by molar-refractivity contribution is -0.389. The highest BCUT2D eigenvalue weighted by molar-refractivity contribution is 6.00. The van der Waals surface area contributed by atoms with Gasteiger partial charge < -0.3 is 14.9 Å². The minimum Gasteiger partial charge on any atom is -0.496 e. The van der Waals surface area contributed by atoms with Crippen LogP contribution in [0.3, 0.4) is 0 Å². The first kappa shape index (κ1) is 15.2. The van der Waals surface area contributed by atoms with Crippen molar-refractivity contribution in [2.75, 3.05) is 7.11 Å². The Morgan fingerprint density at radius 2 is 2.23 bits per heavy atom. The molecule has 112 valence electrons. The van der Waals surface area contributed by atoms with E-state index in [0.29, 0.717) is 11.3 Å². The Kier molecular flexibility index (Phi) is 3.90. The molecule has 8 heteroatoms. The van der Waals surface area contributed by atoms with Crippen LogP contribution < -0.4 is 4.74 Å². The third-order valence-corrected chi connectivity index (χ3v) is 3.21. The Morgan fingerprint density at radius 1 is 1.55 bits per heavy atom. The molecule has 0 aliphatic rings. The van der Waals surface area contributed by atoms with Gasteiger partial charge in [-0.05, 0) is 29.8 Å². The van der Waals surface area contributed by atoms with Crippen LogP contribution in [0, 0.1) is 28.4 Å². The fraction of sp³-hybridized carbons (Fsp3) is 0.214. The summed E-state index contributed by atoms with van der Waals surface area (Å²) in [5, 5.41) is 20.0. The fourth-order valence-electron chi connectivity index (χ4n) is 2.24. The van der Waals surface area contributed by atoms with Crippen molar-refractivity contribution in [2.24, 2.45) is 0 Å². The van der Waals surface area contributed by atoms with Crippen LogP contribution in [0.1, 0.15) is 28.4 Å². The average molecular weight is 300 g/mol. The van der Waals surface area contributed by atoms with Crippen molar-refractivity contribution in [1.82, 2.24) is 9.55 Å². The largest absolute Gasteiger partial charge is 0.496 e. The van der Waals surface area contributed by atoms with Gasteiger partial charge in [-0.2, -0.15) is 5.26 Å². The molecule has 0 atom stereocenters. The van der Waals surface area contributed by atoms with Gasteiger partial charge in [-0.1, -0.05) is 0 Å². The van der Waals surface area contributed by atoms with Gasteiger partial charge in [0, 0.05) is 5.56 Å². The topological polar surface area (TPSA) is 111 Å². The lowest BCUT2D eigenvalue weighted by Crippen LogP contribution is -2.07. The van der Waals surface area contributed by atoms with E-state index in [0.717, 1.165) is 0 Å². The average Bonchev–Trinajstić information content (AvgIpc) is 2.96. The summed E-state index contributed by atoms with van der Waals surface area (Å²) in [5.74, 6) is -0.329. The number of Topliss-reactive ketones (excluding diaryl/α,β-unsaturated/α-hetero) is 1. The summed E-state index contributed by atoms with van der Waals surface area (Å²) >= 11 is 0. The van der Waals surface area contributed by atoms with Crippen LogP contribution in [0.15, 0.2) is 18.6 Å². The molecule has 0 radical (unpaired) electrons. The van der Waals surface area contributed by atoms with Gasteiger partial charge in [0.2, 0.25) is 6.33 Å². The number of rotatable bonds is 4. The predicted molar refractivity (Wildman–Crippen MR) is 76.2 cm³/mol. The van der Waals surface area contributed by atoms with Gasteiger partial charge >= 0.3 is 5.82 Å². The van der Waals surface area contributed by atoms with Crippen LogP contribution in [-0.2, 0) is 0 Å². The van der Waals surface area contributed by atoms with E-state index in [9.17, 15) is 20.2 Å². The number of nitriles is 1. The molecule has 0 spiro atoms. The van der Waals surface area contributed by atoms with Gasteiger partial charge in [-0.25, -0.2) is 0 Å². The summed E-state index contributed by atoms with van der Waals surface area (Å²) in [5.41, 5.74) is 1.40. The standard InChI is InChI=1S/C14H12N4O4/c1-8-11(17-6-12(16-7-17)18(20)21)4-10(5-15)13(9(2)19)14(8)22-3/h4,6-7H,1-3H3. The van der Waals surface area contributed by atoms with Crippen molar-refractivity contribution in [1.29, 1.82) is 5.26 Å². The number of nitro groups is 1. The van der Waals surface area contributed by atoms with E-state index in [1.54, 1.807) is 6.92 Å². The number of ketones is 1. The maximum absolute atomic E-state index is 11.8. The highest BCUT2D eigenvalue weighted by Crippen LogP contribution is 2.32. The smallest absolute Gasteiger partial charge is 0.381 e. The van der Waals surface area contributed by atoms with Gasteiger partial charge in [-0.15, -0.1) is 0 Å². The van der Waals surface area contributed by atoms with Crippen LogP contribution in [-0.4, -0.2) is 27.4 Å². The van der Waals surface area contributed by atoms with Crippen molar-refractivity contribution in [3.8, 4) is 17.5 Å². The van der Waals surface area contributed by atoms with Crippen molar-refractivity contribution in [2.45, 2.75) is 13.8 Å². The lowest BCUT2D eigenvalue weighted by Gasteiger charge is -2.15. The molecule has 1 aromatic heterocycles. The van der Waals surface area contributed by atoms with Crippen molar-refractivity contribution in [3.05, 3.63) is 45.4 Å². The maximum atomic E-state index is 11.8. The zero-order valence-electron chi connectivity index (χ0n) is 12.2. The first-order chi connectivity index (χ1) is 10.4. The molecule has 0 amide bonds. The first-order valence-corrected chi connectivity index (χ1v) is 6.22. The lowest BCUT2D eigenvalue weighted by atomic mass is 9.98. The Morgan fingerprint density at radius 3 is 2.68 bits per heavy atom. The van der Waals surface area contributed by atoms with Gasteiger partial charge in [0.05, 0.1) is 23.9 Å². The molecular formula is C14H12N4O4. The Bertz CT molecular complexity index is 817. The number of ether oxygens (including phenoxy) is 1. The third-order valence-electron chi connectivity index (χ3n) is 3.21. The number of benzene rings is 1. The number of hydrogen-bond donors (Lipinski definition) is 0. The first-order valence-electron chi connectivity index (χ1n) is 6.22. The summed E-state index contributed by atoms with van der Waals surface area (Å²) in [6.45, 7) is 3.05. The SMILES string of the molecule is COc1c(C)c(-n2cnc([N+](=O)[O-])c2)cc(C#N)c1C(C)=O. The van der Waals surface area contributed by atoms with Crippen molar-refractivity contribution >= 4 is 11.6 Å². The fourth-order valence-corrected chi connectivity index (χ4v) is 2.24. The number of carbonyl (C=O) groups excluding carboxylic acids is 1. The minimum atomic E-state index is -0.613. The summed E-state index contributed by atoms with van der Waals surface area (Å²) in [4.78, 5) is 25.5. The van der Waals surface area contributed by atoms with Crippen molar-refractivity contribution in [3.63, 3.8) is 0 Å². The molecular weight excluding hydrogens is 288 g/mol. The summed E-state index contributed by atoms with van der Waals surface area (Å²) in [6.07, 6.45) is 2.50. The molecule has 1 heterocycles. The van der Waals surface area contributed by atoms with Gasteiger partial charge in [0.15, 0.2) is 5.78 Å². The molecule has 0 saturated carbocycles. The van der Waals surface area contributed by atoms with Crippen molar-refractivity contribution < 1.29 is 14.5 Å². The molecule has 0 aliphatic heterocycles. The maximum Gasteiger partial charge on any atom is 0.381 e. The van der Waals surface area contributed by atoms with Crippen LogP contribution in [0.2, 0.25) is 0 Å². The molecule has 0 bridgehead atoms. The number of aromatic nitrogens is 2. The molecule has 2 aromatic rings. The Hall–Kier alpha value is -3.21. The second-order valence-corrected chi connectivity index (χ2v) is 4.54. The van der Waals surface area contributed by atoms with E-state index in [-0.39, 0.29) is 28.5 Å². The summed E-state index contributed by atoms with van der Waals surface area (Å²) in [6, 6.07) is 3.44. The Labute approximate surface area is 125 Å². The molecule has 0 saturated heterocycles. The summed E-state index contributed by atoms with van der Waals surface area (Å²) in [7, 11) is 1.40. The third kappa shape index (κ3) is 2.40. The monoisotopic (exact) mass is 300 g/mol. The van der Waals surface area contributed by atoms with Gasteiger partial charge in [-0.3, -0.25) is 9.36 Å². The van der Waals surface area contributed by atoms with E-state index in [1.165, 1.54) is 37.2 Å². The highest BCUT2D eigenvalue weighted by atomic mass is 16.6. The number of hydrogen-bond acceptors (Lipinski definition) is 6. The van der Waals surface area contributed by atoms with E-state index in [4.69, 9.17) is 4.74 Å². The molecule has 0 aliphatic carbocycles. The second-order valence-electron chi connectivity index (χ2n) is 4.54. The molecule has 0 unspecified atom stereocenters. The molecule has 22 heavy (non-hydrogen) atoms. The zero-order valence-corrected chi connectivity index (χ0v) is 12.2. The Balaban J connectivity index is 2.74. The molecule has 2 rings (SSSR count). The van der Waals surface area contributed by atoms with E-state index < -0.39 is 4.92 Å². The van der Waals surface area contributed by atoms with Crippen LogP contribution >= 0.6 is 0 Å². The second kappa shape index (κ2) is 5.65. The number of carbonyl (C=O) groups is 1. The van der Waals surface area contributed by atoms with Gasteiger partial charge in [0.25, 0.3) is 0 Å². The predicted octanol–water partition coefficient (Wildman–Crippen LogP) is 2.17. The van der Waals surface area contributed by atoms with Crippen LogP contribution in [0.25, 0.3) is 5.69 Å². The molecule has 0 N–H and O–H groups in total. The minimum absolute atomic E-state index is 0.140. The van der Waals surface area contributed by atoms with E-state index >= 15 is 0 Å². The highest BCUT2D eigenvalue weighted by Gasteiger charge is 2.21. The summed E-state index contributed by atoms with van der Waals surface area (Å²) < 4.78 is 6.67. The van der Waals surface area contributed by atoms with Gasteiger partial charge in [0.1, 0.15) is 18.0 Å². The number of nitrogens with zero attached hydrogens (tertiary/aromatic N) is 4. The molecule has 1 aromatic carbocycles. The quantitative estimate of drug-likeness (QED) is 0.486. The van der Waals surface area contributed by atoms with E-state index in [2.05, 4.69) is 4.98 Å². The number of methoxy groups -OCH3 is 1. The molecule has 0 fully saturated rings. The van der Waals surface area contributed by atoms with E-state index in [1.807, 2.05) is 6.07 Å². The number of imidazole rings is 1. The van der Waals surface area contributed by atoms with Crippen LogP contribution in [0.5, 0.6) is 5.75 Å². The molecule has 8 nitrogen and oxygen atoms in total. The zero-order chi connectivity index (χ0) is 16.4.